The molecule has 1 atom stereocenters. The fourth-order valence-corrected chi connectivity index (χ4v) is 2.62. The molecule has 1 N–H and O–H groups in total. The molecule has 10 heteroatoms. The number of carbonyl (C=O) groups excluding carboxylic acids is 1. The smallest absolute Gasteiger partial charge is 0.416 e. The van der Waals surface area contributed by atoms with Crippen molar-refractivity contribution < 1.29 is 36.2 Å². The van der Waals surface area contributed by atoms with Crippen molar-refractivity contribution in [2.45, 2.75) is 32.3 Å². The summed E-state index contributed by atoms with van der Waals surface area (Å²) in [7, 11) is 2.99. The van der Waals surface area contributed by atoms with Crippen LogP contribution in [0.5, 0.6) is 11.5 Å². The first-order chi connectivity index (χ1) is 14.0. The summed E-state index contributed by atoms with van der Waals surface area (Å²) in [6.07, 6.45) is -4.45. The highest BCUT2D eigenvalue weighted by Gasteiger charge is 2.30. The summed E-state index contributed by atoms with van der Waals surface area (Å²) >= 11 is 0. The second kappa shape index (κ2) is 9.75. The van der Waals surface area contributed by atoms with E-state index in [-0.39, 0.29) is 23.7 Å². The zero-order chi connectivity index (χ0) is 22.5. The SMILES string of the molecule is COc1cc(CN(C)C(C)C(=O)Nc2ccc(C(F)(F)F)cc2)ccc1OC(F)F. The van der Waals surface area contributed by atoms with Crippen molar-refractivity contribution in [2.24, 2.45) is 0 Å². The Morgan fingerprint density at radius 2 is 1.73 bits per heavy atom. The molecule has 1 amide bonds. The van der Waals surface area contributed by atoms with Crippen LogP contribution in [-0.2, 0) is 17.5 Å². The molecule has 2 aromatic carbocycles. The van der Waals surface area contributed by atoms with Crippen LogP contribution in [0.25, 0.3) is 0 Å². The van der Waals surface area contributed by atoms with E-state index in [0.717, 1.165) is 12.1 Å². The van der Waals surface area contributed by atoms with Crippen LogP contribution in [0, 0.1) is 0 Å². The summed E-state index contributed by atoms with van der Waals surface area (Å²) in [5, 5.41) is 2.56. The number of halogens is 5. The van der Waals surface area contributed by atoms with Gasteiger partial charge in [0.15, 0.2) is 11.5 Å². The van der Waals surface area contributed by atoms with Gasteiger partial charge in [-0.3, -0.25) is 9.69 Å². The van der Waals surface area contributed by atoms with Crippen LogP contribution in [0.2, 0.25) is 0 Å². The molecule has 0 aromatic heterocycles. The van der Waals surface area contributed by atoms with E-state index in [0.29, 0.717) is 5.56 Å². The maximum Gasteiger partial charge on any atom is 0.416 e. The number of hydrogen-bond acceptors (Lipinski definition) is 4. The molecule has 0 saturated heterocycles. The van der Waals surface area contributed by atoms with Crippen LogP contribution in [0.4, 0.5) is 27.6 Å². The van der Waals surface area contributed by atoms with Crippen LogP contribution < -0.4 is 14.8 Å². The highest BCUT2D eigenvalue weighted by molar-refractivity contribution is 5.94. The lowest BCUT2D eigenvalue weighted by molar-refractivity contribution is -0.137. The van der Waals surface area contributed by atoms with Gasteiger partial charge in [-0.1, -0.05) is 6.07 Å². The van der Waals surface area contributed by atoms with Gasteiger partial charge in [-0.25, -0.2) is 0 Å². The number of benzene rings is 2. The summed E-state index contributed by atoms with van der Waals surface area (Å²) in [6.45, 7) is -1.07. The van der Waals surface area contributed by atoms with Crippen molar-refractivity contribution in [3.8, 4) is 11.5 Å². The Kier molecular flexibility index (Phi) is 7.60. The summed E-state index contributed by atoms with van der Waals surface area (Å²) in [4.78, 5) is 14.1. The number of anilines is 1. The molecule has 164 valence electrons. The highest BCUT2D eigenvalue weighted by Crippen LogP contribution is 2.31. The number of likely N-dealkylation sites (N-methyl/N-ethyl adjacent to an activating group) is 1. The molecule has 0 aliphatic carbocycles. The average Bonchev–Trinajstić information content (AvgIpc) is 2.67. The van der Waals surface area contributed by atoms with Gasteiger partial charge in [0.25, 0.3) is 0 Å². The molecular formula is C20H21F5N2O3. The van der Waals surface area contributed by atoms with Crippen LogP contribution in [0.3, 0.4) is 0 Å². The number of amides is 1. The standard InChI is InChI=1S/C20H21F5N2O3/c1-12(18(28)26-15-7-5-14(6-8-15)20(23,24)25)27(2)11-13-4-9-16(30-19(21)22)17(10-13)29-3/h4-10,12,19H,11H2,1-3H3,(H,26,28). The normalized spacial score (nSPS) is 12.7. The van der Waals surface area contributed by atoms with E-state index in [2.05, 4.69) is 10.1 Å². The van der Waals surface area contributed by atoms with E-state index in [4.69, 9.17) is 4.74 Å². The molecule has 0 fully saturated rings. The second-order valence-electron chi connectivity index (χ2n) is 6.52. The van der Waals surface area contributed by atoms with Crippen molar-refractivity contribution in [2.75, 3.05) is 19.5 Å². The largest absolute Gasteiger partial charge is 0.493 e. The molecule has 2 aromatic rings. The molecule has 0 aliphatic heterocycles. The van der Waals surface area contributed by atoms with E-state index in [1.54, 1.807) is 24.9 Å². The number of ether oxygens (including phenoxy) is 2. The lowest BCUT2D eigenvalue weighted by Crippen LogP contribution is -2.39. The first kappa shape index (κ1) is 23.4. The molecule has 0 heterocycles. The van der Waals surface area contributed by atoms with Crippen LogP contribution in [0.15, 0.2) is 42.5 Å². The van der Waals surface area contributed by atoms with Gasteiger partial charge >= 0.3 is 12.8 Å². The number of hydrogen-bond donors (Lipinski definition) is 1. The Bertz CT molecular complexity index is 857. The van der Waals surface area contributed by atoms with Crippen molar-refractivity contribution in [3.63, 3.8) is 0 Å². The molecule has 0 aliphatic rings. The van der Waals surface area contributed by atoms with Gasteiger partial charge in [0.05, 0.1) is 18.7 Å². The van der Waals surface area contributed by atoms with E-state index in [1.165, 1.54) is 31.4 Å². The topological polar surface area (TPSA) is 50.8 Å². The molecule has 1 unspecified atom stereocenters. The molecular weight excluding hydrogens is 411 g/mol. The van der Waals surface area contributed by atoms with Crippen molar-refractivity contribution in [1.82, 2.24) is 4.90 Å². The average molecular weight is 432 g/mol. The predicted molar refractivity (Wildman–Crippen MR) is 101 cm³/mol. The van der Waals surface area contributed by atoms with E-state index in [1.807, 2.05) is 0 Å². The molecule has 2 rings (SSSR count). The summed E-state index contributed by atoms with van der Waals surface area (Å²) in [5.74, 6) is -0.392. The van der Waals surface area contributed by atoms with Gasteiger partial charge in [0, 0.05) is 12.2 Å². The lowest BCUT2D eigenvalue weighted by Gasteiger charge is -2.24. The number of carbonyl (C=O) groups is 1. The Hall–Kier alpha value is -2.88. The van der Waals surface area contributed by atoms with Gasteiger partial charge in [0.1, 0.15) is 0 Å². The van der Waals surface area contributed by atoms with Crippen molar-refractivity contribution >= 4 is 11.6 Å². The fourth-order valence-electron chi connectivity index (χ4n) is 2.62. The third kappa shape index (κ3) is 6.31. The van der Waals surface area contributed by atoms with E-state index in [9.17, 15) is 26.7 Å². The molecule has 0 spiro atoms. The van der Waals surface area contributed by atoms with Gasteiger partial charge in [-0.05, 0) is 55.9 Å². The maximum absolute atomic E-state index is 12.6. The number of alkyl halides is 5. The van der Waals surface area contributed by atoms with E-state index >= 15 is 0 Å². The lowest BCUT2D eigenvalue weighted by atomic mass is 10.1. The van der Waals surface area contributed by atoms with Crippen LogP contribution in [-0.4, -0.2) is 37.6 Å². The number of nitrogens with zero attached hydrogens (tertiary/aromatic N) is 1. The minimum absolute atomic E-state index is 0.105. The first-order valence-corrected chi connectivity index (χ1v) is 8.81. The van der Waals surface area contributed by atoms with Gasteiger partial charge < -0.3 is 14.8 Å². The zero-order valence-electron chi connectivity index (χ0n) is 16.5. The van der Waals surface area contributed by atoms with E-state index < -0.39 is 30.3 Å². The number of nitrogens with one attached hydrogen (secondary N) is 1. The number of methoxy groups -OCH3 is 1. The van der Waals surface area contributed by atoms with Crippen molar-refractivity contribution in [3.05, 3.63) is 53.6 Å². The molecule has 0 radical (unpaired) electrons. The molecule has 30 heavy (non-hydrogen) atoms. The van der Waals surface area contributed by atoms with Gasteiger partial charge in [-0.2, -0.15) is 22.0 Å². The van der Waals surface area contributed by atoms with Gasteiger partial charge in [-0.15, -0.1) is 0 Å². The van der Waals surface area contributed by atoms with Crippen LogP contribution >= 0.6 is 0 Å². The molecule has 5 nitrogen and oxygen atoms in total. The Morgan fingerprint density at radius 3 is 2.27 bits per heavy atom. The monoisotopic (exact) mass is 432 g/mol. The number of rotatable bonds is 8. The minimum Gasteiger partial charge on any atom is -0.493 e. The summed E-state index contributed by atoms with van der Waals surface area (Å²) in [5.41, 5.74) is 0.118. The van der Waals surface area contributed by atoms with Gasteiger partial charge in [0.2, 0.25) is 5.91 Å². The second-order valence-corrected chi connectivity index (χ2v) is 6.52. The zero-order valence-corrected chi connectivity index (χ0v) is 16.5. The Labute approximate surface area is 170 Å². The van der Waals surface area contributed by atoms with Crippen LogP contribution in [0.1, 0.15) is 18.1 Å². The Balaban J connectivity index is 2.01. The fraction of sp³-hybridized carbons (Fsp3) is 0.350. The Morgan fingerprint density at radius 1 is 1.10 bits per heavy atom. The quantitative estimate of drug-likeness (QED) is 0.611. The predicted octanol–water partition coefficient (Wildman–Crippen LogP) is 4.77. The highest BCUT2D eigenvalue weighted by atomic mass is 19.4. The third-order valence-corrected chi connectivity index (χ3v) is 4.40. The summed E-state index contributed by atoms with van der Waals surface area (Å²) in [6, 6.07) is 7.95. The molecule has 0 saturated carbocycles. The summed E-state index contributed by atoms with van der Waals surface area (Å²) < 4.78 is 72.1. The minimum atomic E-state index is -4.45. The maximum atomic E-state index is 12.6. The van der Waals surface area contributed by atoms with Crippen molar-refractivity contribution in [1.29, 1.82) is 0 Å². The first-order valence-electron chi connectivity index (χ1n) is 8.81. The molecule has 0 bridgehead atoms. The third-order valence-electron chi connectivity index (χ3n) is 4.40.